The van der Waals surface area contributed by atoms with E-state index in [0.29, 0.717) is 44.1 Å². The minimum Gasteiger partial charge on any atom is -0.480 e. The number of hydrogen-bond donors (Lipinski definition) is 2. The normalized spacial score (nSPS) is 12.5. The van der Waals surface area contributed by atoms with Crippen molar-refractivity contribution < 1.29 is 29.0 Å². The molecular formula is C25H40ClNO6. The molecule has 0 radical (unpaired) electrons. The Balaban J connectivity index is 0.0000102. The zero-order valence-electron chi connectivity index (χ0n) is 20.7. The third kappa shape index (κ3) is 7.18. The molecule has 0 fully saturated rings. The van der Waals surface area contributed by atoms with Gasteiger partial charge in [0.1, 0.15) is 6.04 Å². The van der Waals surface area contributed by atoms with Gasteiger partial charge in [-0.15, -0.1) is 12.4 Å². The molecule has 1 aromatic rings. The SMILES string of the molecule is CCC(CC)(CC)C(=O)Oc1ccc(C[C@H](N)C(=O)O)cc1OC(=O)C(CC)(CC)CC.Cl. The highest BCUT2D eigenvalue weighted by molar-refractivity contribution is 5.85. The Morgan fingerprint density at radius 1 is 0.818 bits per heavy atom. The smallest absolute Gasteiger partial charge is 0.320 e. The van der Waals surface area contributed by atoms with Gasteiger partial charge in [0.05, 0.1) is 10.8 Å². The summed E-state index contributed by atoms with van der Waals surface area (Å²) < 4.78 is 11.5. The van der Waals surface area contributed by atoms with Crippen LogP contribution in [0.1, 0.15) is 85.6 Å². The van der Waals surface area contributed by atoms with Crippen molar-refractivity contribution in [2.24, 2.45) is 16.6 Å². The zero-order chi connectivity index (χ0) is 24.5. The summed E-state index contributed by atoms with van der Waals surface area (Å²) in [5.41, 5.74) is 4.98. The summed E-state index contributed by atoms with van der Waals surface area (Å²) in [6.07, 6.45) is 3.78. The highest BCUT2D eigenvalue weighted by atomic mass is 35.5. The molecule has 3 N–H and O–H groups in total. The van der Waals surface area contributed by atoms with Crippen LogP contribution >= 0.6 is 12.4 Å². The number of ether oxygens (including phenoxy) is 2. The van der Waals surface area contributed by atoms with Crippen molar-refractivity contribution in [3.05, 3.63) is 23.8 Å². The Hall–Kier alpha value is -2.12. The molecule has 0 spiro atoms. The summed E-state index contributed by atoms with van der Waals surface area (Å²) in [4.78, 5) is 37.3. The Kier molecular flexibility index (Phi) is 12.7. The molecule has 0 unspecified atom stereocenters. The van der Waals surface area contributed by atoms with Crippen LogP contribution in [-0.2, 0) is 20.8 Å². The molecule has 0 saturated heterocycles. The maximum atomic E-state index is 13.1. The maximum absolute atomic E-state index is 13.1. The van der Waals surface area contributed by atoms with Crippen molar-refractivity contribution >= 4 is 30.3 Å². The average molecular weight is 486 g/mol. The van der Waals surface area contributed by atoms with E-state index in [1.54, 1.807) is 18.2 Å². The molecule has 0 saturated carbocycles. The van der Waals surface area contributed by atoms with Gasteiger partial charge in [-0.2, -0.15) is 0 Å². The average Bonchev–Trinajstić information content (AvgIpc) is 2.78. The monoisotopic (exact) mass is 485 g/mol. The number of halogens is 1. The minimum atomic E-state index is -1.13. The molecule has 0 heterocycles. The fourth-order valence-corrected chi connectivity index (χ4v) is 3.97. The third-order valence-electron chi connectivity index (χ3n) is 7.11. The van der Waals surface area contributed by atoms with Crippen LogP contribution in [0.4, 0.5) is 0 Å². The fraction of sp³-hybridized carbons (Fsp3) is 0.640. The van der Waals surface area contributed by atoms with Gasteiger partial charge >= 0.3 is 17.9 Å². The lowest BCUT2D eigenvalue weighted by Gasteiger charge is -2.29. The molecule has 0 aliphatic rings. The molecule has 8 heteroatoms. The summed E-state index contributed by atoms with van der Waals surface area (Å²) in [7, 11) is 0. The Bertz CT molecular complexity index is 786. The highest BCUT2D eigenvalue weighted by Gasteiger charge is 2.37. The van der Waals surface area contributed by atoms with Crippen LogP contribution in [-0.4, -0.2) is 29.1 Å². The van der Waals surface area contributed by atoms with Crippen LogP contribution < -0.4 is 15.2 Å². The van der Waals surface area contributed by atoms with Crippen LogP contribution in [0.2, 0.25) is 0 Å². The van der Waals surface area contributed by atoms with Crippen molar-refractivity contribution in [1.82, 2.24) is 0 Å². The van der Waals surface area contributed by atoms with E-state index in [1.807, 2.05) is 41.5 Å². The summed E-state index contributed by atoms with van der Waals surface area (Å²) in [6, 6.07) is 3.63. The van der Waals surface area contributed by atoms with Gasteiger partial charge in [-0.05, 0) is 62.6 Å². The van der Waals surface area contributed by atoms with Gasteiger partial charge in [-0.25, -0.2) is 0 Å². The maximum Gasteiger partial charge on any atom is 0.320 e. The molecule has 7 nitrogen and oxygen atoms in total. The van der Waals surface area contributed by atoms with Crippen LogP contribution in [0, 0.1) is 10.8 Å². The van der Waals surface area contributed by atoms with E-state index >= 15 is 0 Å². The predicted octanol–water partition coefficient (Wildman–Crippen LogP) is 5.31. The van der Waals surface area contributed by atoms with E-state index in [9.17, 15) is 14.4 Å². The number of nitrogens with two attached hydrogens (primary N) is 1. The lowest BCUT2D eigenvalue weighted by Crippen LogP contribution is -2.35. The van der Waals surface area contributed by atoms with Crippen LogP contribution in [0.3, 0.4) is 0 Å². The molecule has 1 rings (SSSR count). The third-order valence-corrected chi connectivity index (χ3v) is 7.11. The number of esters is 2. The van der Waals surface area contributed by atoms with Gasteiger partial charge in [0.25, 0.3) is 0 Å². The highest BCUT2D eigenvalue weighted by Crippen LogP contribution is 2.38. The molecule has 0 aromatic heterocycles. The van der Waals surface area contributed by atoms with Crippen molar-refractivity contribution in [3.63, 3.8) is 0 Å². The van der Waals surface area contributed by atoms with Crippen molar-refractivity contribution in [2.45, 2.75) is 92.5 Å². The van der Waals surface area contributed by atoms with Crippen molar-refractivity contribution in [1.29, 1.82) is 0 Å². The van der Waals surface area contributed by atoms with E-state index in [2.05, 4.69) is 0 Å². The first-order valence-corrected chi connectivity index (χ1v) is 11.6. The lowest BCUT2D eigenvalue weighted by molar-refractivity contribution is -0.149. The second-order valence-electron chi connectivity index (χ2n) is 8.39. The number of rotatable bonds is 13. The zero-order valence-corrected chi connectivity index (χ0v) is 21.5. The van der Waals surface area contributed by atoms with E-state index in [-0.39, 0.29) is 36.3 Å². The summed E-state index contributed by atoms with van der Waals surface area (Å²) in [5, 5.41) is 9.13. The van der Waals surface area contributed by atoms with Crippen LogP contribution in [0.15, 0.2) is 18.2 Å². The first kappa shape index (κ1) is 30.9. The second-order valence-corrected chi connectivity index (χ2v) is 8.39. The Morgan fingerprint density at radius 2 is 1.21 bits per heavy atom. The first-order chi connectivity index (χ1) is 15.1. The number of carboxylic acid groups (broad SMARTS) is 1. The van der Waals surface area contributed by atoms with Gasteiger partial charge in [0, 0.05) is 0 Å². The minimum absolute atomic E-state index is 0. The number of aliphatic carboxylic acids is 1. The number of benzene rings is 1. The Morgan fingerprint density at radius 3 is 1.58 bits per heavy atom. The number of hydrogen-bond acceptors (Lipinski definition) is 6. The van der Waals surface area contributed by atoms with Crippen molar-refractivity contribution in [2.75, 3.05) is 0 Å². The molecule has 1 aromatic carbocycles. The van der Waals surface area contributed by atoms with Gasteiger partial charge in [0.15, 0.2) is 11.5 Å². The number of carboxylic acids is 1. The topological polar surface area (TPSA) is 116 Å². The summed E-state index contributed by atoms with van der Waals surface area (Å²) in [5.74, 6) is -1.64. The van der Waals surface area contributed by atoms with Gasteiger partial charge in [0.2, 0.25) is 0 Å². The van der Waals surface area contributed by atoms with E-state index in [0.717, 1.165) is 0 Å². The molecule has 188 valence electrons. The number of carbonyl (C=O) groups is 3. The predicted molar refractivity (Wildman–Crippen MR) is 131 cm³/mol. The van der Waals surface area contributed by atoms with Gasteiger partial charge in [-0.1, -0.05) is 47.6 Å². The molecular weight excluding hydrogens is 446 g/mol. The lowest BCUT2D eigenvalue weighted by atomic mass is 9.80. The Labute approximate surface area is 203 Å². The molecule has 0 amide bonds. The summed E-state index contributed by atoms with van der Waals surface area (Å²) >= 11 is 0. The molecule has 33 heavy (non-hydrogen) atoms. The van der Waals surface area contributed by atoms with E-state index in [4.69, 9.17) is 20.3 Å². The largest absolute Gasteiger partial charge is 0.480 e. The first-order valence-electron chi connectivity index (χ1n) is 11.6. The van der Waals surface area contributed by atoms with E-state index < -0.39 is 28.8 Å². The second kappa shape index (κ2) is 13.6. The summed E-state index contributed by atoms with van der Waals surface area (Å²) in [6.45, 7) is 11.7. The molecule has 0 aliphatic carbocycles. The van der Waals surface area contributed by atoms with Crippen molar-refractivity contribution in [3.8, 4) is 11.5 Å². The van der Waals surface area contributed by atoms with Gasteiger partial charge in [-0.3, -0.25) is 14.4 Å². The quantitative estimate of drug-likeness (QED) is 0.287. The van der Waals surface area contributed by atoms with Crippen LogP contribution in [0.25, 0.3) is 0 Å². The van der Waals surface area contributed by atoms with Crippen LogP contribution in [0.5, 0.6) is 11.5 Å². The molecule has 0 bridgehead atoms. The molecule has 1 atom stereocenters. The van der Waals surface area contributed by atoms with E-state index in [1.165, 1.54) is 0 Å². The molecule has 0 aliphatic heterocycles. The fourth-order valence-electron chi connectivity index (χ4n) is 3.97. The standard InChI is InChI=1S/C25H39NO6.ClH/c1-7-24(8-2,9-3)22(29)31-19-14-13-17(15-18(26)21(27)28)16-20(19)32-23(30)25(10-4,11-5)12-6;/h13-14,16,18H,7-12,15,26H2,1-6H3,(H,27,28);1H/t18-;/m0./s1. The van der Waals surface area contributed by atoms with Gasteiger partial charge < -0.3 is 20.3 Å². The number of carbonyl (C=O) groups excluding carboxylic acids is 2.